The standard InChI is InChI=1S/C21H22F3NO/c1-14-2-7-17-18(8-11-26-20(17)12-14)25-10-9-21(23,24)13-19(25)15-3-5-16(22)6-4-15/h2-7,12,18-19H,8-11,13H2,1H3/t18-,19-/m1/s1. The Labute approximate surface area is 151 Å². The van der Waals surface area contributed by atoms with E-state index in [0.717, 1.165) is 28.9 Å². The zero-order valence-corrected chi connectivity index (χ0v) is 14.7. The molecule has 0 radical (unpaired) electrons. The van der Waals surface area contributed by atoms with Crippen LogP contribution in [0.2, 0.25) is 0 Å². The maximum absolute atomic E-state index is 14.2. The third-order valence-electron chi connectivity index (χ3n) is 5.46. The number of rotatable bonds is 2. The minimum Gasteiger partial charge on any atom is -0.493 e. The Morgan fingerprint density at radius 2 is 1.85 bits per heavy atom. The molecule has 2 heterocycles. The fraction of sp³-hybridized carbons (Fsp3) is 0.429. The van der Waals surface area contributed by atoms with Crippen LogP contribution >= 0.6 is 0 Å². The molecule has 138 valence electrons. The molecule has 4 rings (SSSR count). The number of likely N-dealkylation sites (tertiary alicyclic amines) is 1. The SMILES string of the molecule is Cc1ccc2c(c1)OCC[C@H]2N1CCC(F)(F)C[C@@H]1c1ccc(F)cc1. The van der Waals surface area contributed by atoms with E-state index < -0.39 is 12.0 Å². The van der Waals surface area contributed by atoms with E-state index in [1.165, 1.54) is 12.1 Å². The Morgan fingerprint density at radius 1 is 1.08 bits per heavy atom. The molecule has 2 aliphatic heterocycles. The summed E-state index contributed by atoms with van der Waals surface area (Å²) in [5.74, 6) is -2.21. The molecule has 2 aliphatic rings. The van der Waals surface area contributed by atoms with Gasteiger partial charge in [-0.25, -0.2) is 13.2 Å². The van der Waals surface area contributed by atoms with Crippen molar-refractivity contribution < 1.29 is 17.9 Å². The van der Waals surface area contributed by atoms with Gasteiger partial charge in [0.2, 0.25) is 0 Å². The molecule has 26 heavy (non-hydrogen) atoms. The minimum atomic E-state index is -2.70. The number of benzene rings is 2. The molecule has 2 aromatic carbocycles. The van der Waals surface area contributed by atoms with Crippen molar-refractivity contribution in [3.05, 3.63) is 65.0 Å². The van der Waals surface area contributed by atoms with E-state index in [2.05, 4.69) is 4.90 Å². The molecule has 0 unspecified atom stereocenters. The first-order chi connectivity index (χ1) is 12.4. The lowest BCUT2D eigenvalue weighted by Gasteiger charge is -2.45. The topological polar surface area (TPSA) is 12.5 Å². The molecule has 0 aromatic heterocycles. The predicted molar refractivity (Wildman–Crippen MR) is 94.1 cm³/mol. The molecular formula is C21H22F3NO. The highest BCUT2D eigenvalue weighted by Gasteiger charge is 2.44. The van der Waals surface area contributed by atoms with Crippen LogP contribution in [-0.4, -0.2) is 24.0 Å². The van der Waals surface area contributed by atoms with Gasteiger partial charge in [0.25, 0.3) is 5.92 Å². The van der Waals surface area contributed by atoms with Crippen molar-refractivity contribution in [3.8, 4) is 5.75 Å². The van der Waals surface area contributed by atoms with Gasteiger partial charge in [0, 0.05) is 43.5 Å². The first-order valence-electron chi connectivity index (χ1n) is 9.05. The Hall–Kier alpha value is -2.01. The molecular weight excluding hydrogens is 339 g/mol. The number of ether oxygens (including phenoxy) is 1. The van der Waals surface area contributed by atoms with E-state index in [1.807, 2.05) is 25.1 Å². The van der Waals surface area contributed by atoms with Crippen molar-refractivity contribution in [1.82, 2.24) is 4.90 Å². The number of aryl methyl sites for hydroxylation is 1. The van der Waals surface area contributed by atoms with Gasteiger partial charge in [-0.05, 0) is 36.2 Å². The first-order valence-corrected chi connectivity index (χ1v) is 9.05. The fourth-order valence-electron chi connectivity index (χ4n) is 4.14. The van der Waals surface area contributed by atoms with Crippen LogP contribution in [0.3, 0.4) is 0 Å². The molecule has 2 atom stereocenters. The predicted octanol–water partition coefficient (Wildman–Crippen LogP) is 5.43. The van der Waals surface area contributed by atoms with Gasteiger partial charge in [-0.1, -0.05) is 24.3 Å². The van der Waals surface area contributed by atoms with Crippen LogP contribution in [0.15, 0.2) is 42.5 Å². The van der Waals surface area contributed by atoms with Crippen LogP contribution in [0.4, 0.5) is 13.2 Å². The number of hydrogen-bond acceptors (Lipinski definition) is 2. The lowest BCUT2D eigenvalue weighted by molar-refractivity contribution is -0.0931. The summed E-state index contributed by atoms with van der Waals surface area (Å²) in [5.41, 5.74) is 2.91. The molecule has 0 amide bonds. The van der Waals surface area contributed by atoms with Gasteiger partial charge in [0.1, 0.15) is 11.6 Å². The normalized spacial score (nSPS) is 25.4. The molecule has 0 aliphatic carbocycles. The second kappa shape index (κ2) is 6.62. The van der Waals surface area contributed by atoms with E-state index in [4.69, 9.17) is 4.74 Å². The average molecular weight is 361 g/mol. The number of alkyl halides is 2. The van der Waals surface area contributed by atoms with Crippen LogP contribution in [-0.2, 0) is 0 Å². The van der Waals surface area contributed by atoms with Crippen molar-refractivity contribution in [2.24, 2.45) is 0 Å². The molecule has 2 nitrogen and oxygen atoms in total. The molecule has 1 fully saturated rings. The maximum atomic E-state index is 14.2. The number of fused-ring (bicyclic) bond motifs is 1. The third kappa shape index (κ3) is 3.32. The second-order valence-electron chi connectivity index (χ2n) is 7.31. The van der Waals surface area contributed by atoms with Crippen LogP contribution in [0.25, 0.3) is 0 Å². The van der Waals surface area contributed by atoms with Crippen molar-refractivity contribution in [2.45, 2.75) is 44.2 Å². The summed E-state index contributed by atoms with van der Waals surface area (Å²) in [4.78, 5) is 2.15. The Morgan fingerprint density at radius 3 is 2.62 bits per heavy atom. The van der Waals surface area contributed by atoms with Crippen molar-refractivity contribution in [2.75, 3.05) is 13.2 Å². The second-order valence-corrected chi connectivity index (χ2v) is 7.31. The molecule has 0 spiro atoms. The highest BCUT2D eigenvalue weighted by Crippen LogP contribution is 2.47. The average Bonchev–Trinajstić information content (AvgIpc) is 2.61. The van der Waals surface area contributed by atoms with Crippen LogP contribution < -0.4 is 4.74 Å². The van der Waals surface area contributed by atoms with Crippen LogP contribution in [0, 0.1) is 12.7 Å². The van der Waals surface area contributed by atoms with E-state index in [9.17, 15) is 13.2 Å². The smallest absolute Gasteiger partial charge is 0.251 e. The van der Waals surface area contributed by atoms with Crippen molar-refractivity contribution >= 4 is 0 Å². The number of halogens is 3. The lowest BCUT2D eigenvalue weighted by atomic mass is 9.88. The van der Waals surface area contributed by atoms with Crippen molar-refractivity contribution in [3.63, 3.8) is 0 Å². The van der Waals surface area contributed by atoms with Crippen LogP contribution in [0.1, 0.15) is 48.0 Å². The zero-order valence-electron chi connectivity index (χ0n) is 14.7. The quantitative estimate of drug-likeness (QED) is 0.707. The largest absolute Gasteiger partial charge is 0.493 e. The molecule has 0 N–H and O–H groups in total. The van der Waals surface area contributed by atoms with E-state index in [1.54, 1.807) is 12.1 Å². The fourth-order valence-corrected chi connectivity index (χ4v) is 4.14. The van der Waals surface area contributed by atoms with Gasteiger partial charge < -0.3 is 4.74 Å². The molecule has 2 aromatic rings. The highest BCUT2D eigenvalue weighted by molar-refractivity contribution is 5.41. The summed E-state index contributed by atoms with van der Waals surface area (Å²) in [6, 6.07) is 11.6. The van der Waals surface area contributed by atoms with Gasteiger partial charge in [0.05, 0.1) is 6.61 Å². The first kappa shape index (κ1) is 17.4. The summed E-state index contributed by atoms with van der Waals surface area (Å²) in [7, 11) is 0. The summed E-state index contributed by atoms with van der Waals surface area (Å²) in [5, 5.41) is 0. The Kier molecular flexibility index (Phi) is 4.43. The molecule has 1 saturated heterocycles. The van der Waals surface area contributed by atoms with E-state index >= 15 is 0 Å². The lowest BCUT2D eigenvalue weighted by Crippen LogP contribution is -2.44. The minimum absolute atomic E-state index is 0.0329. The maximum Gasteiger partial charge on any atom is 0.251 e. The van der Waals surface area contributed by atoms with Gasteiger partial charge in [-0.2, -0.15) is 0 Å². The van der Waals surface area contributed by atoms with E-state index in [-0.39, 0.29) is 24.7 Å². The van der Waals surface area contributed by atoms with Crippen molar-refractivity contribution in [1.29, 1.82) is 0 Å². The van der Waals surface area contributed by atoms with E-state index in [0.29, 0.717) is 13.2 Å². The van der Waals surface area contributed by atoms with Gasteiger partial charge >= 0.3 is 0 Å². The number of hydrogen-bond donors (Lipinski definition) is 0. The van der Waals surface area contributed by atoms with Gasteiger partial charge in [0.15, 0.2) is 0 Å². The summed E-state index contributed by atoms with van der Waals surface area (Å²) in [6.45, 7) is 2.90. The molecule has 5 heteroatoms. The number of nitrogens with zero attached hydrogens (tertiary/aromatic N) is 1. The monoisotopic (exact) mass is 361 g/mol. The summed E-state index contributed by atoms with van der Waals surface area (Å²) < 4.78 is 47.5. The molecule has 0 bridgehead atoms. The summed E-state index contributed by atoms with van der Waals surface area (Å²) >= 11 is 0. The van der Waals surface area contributed by atoms with Crippen LogP contribution in [0.5, 0.6) is 5.75 Å². The Bertz CT molecular complexity index is 790. The van der Waals surface area contributed by atoms with Gasteiger partial charge in [-0.15, -0.1) is 0 Å². The Balaban J connectivity index is 1.71. The third-order valence-corrected chi connectivity index (χ3v) is 5.46. The number of piperidine rings is 1. The molecule has 0 saturated carbocycles. The highest BCUT2D eigenvalue weighted by atomic mass is 19.3. The zero-order chi connectivity index (χ0) is 18.3. The van der Waals surface area contributed by atoms with Gasteiger partial charge in [-0.3, -0.25) is 4.90 Å². The summed E-state index contributed by atoms with van der Waals surface area (Å²) in [6.07, 6.45) is 0.375.